The number of hydrogen-bond donors (Lipinski definition) is 0. The summed E-state index contributed by atoms with van der Waals surface area (Å²) in [4.78, 5) is 0.231. The molecular formula is C14H17BrClNO2S. The van der Waals surface area contributed by atoms with Crippen molar-refractivity contribution >= 4 is 37.6 Å². The molecule has 1 aromatic rings. The topological polar surface area (TPSA) is 37.4 Å². The Labute approximate surface area is 133 Å². The van der Waals surface area contributed by atoms with Crippen LogP contribution < -0.4 is 0 Å². The first kappa shape index (κ1) is 14.8. The fourth-order valence-electron chi connectivity index (χ4n) is 3.52. The fourth-order valence-corrected chi connectivity index (χ4v) is 6.28. The van der Waals surface area contributed by atoms with Gasteiger partial charge in [0, 0.05) is 17.1 Å². The number of hydrogen-bond acceptors (Lipinski definition) is 2. The normalized spacial score (nSPS) is 27.5. The van der Waals surface area contributed by atoms with Crippen LogP contribution in [0.4, 0.5) is 0 Å². The number of benzene rings is 1. The van der Waals surface area contributed by atoms with Gasteiger partial charge in [0.2, 0.25) is 10.0 Å². The first-order chi connectivity index (χ1) is 9.50. The molecule has 2 fully saturated rings. The minimum absolute atomic E-state index is 0.175. The summed E-state index contributed by atoms with van der Waals surface area (Å²) in [5.74, 6) is 0.535. The van der Waals surface area contributed by atoms with E-state index in [1.807, 2.05) is 0 Å². The maximum atomic E-state index is 12.9. The van der Waals surface area contributed by atoms with Crippen molar-refractivity contribution in [2.24, 2.45) is 5.92 Å². The number of rotatable bonds is 2. The van der Waals surface area contributed by atoms with Crippen molar-refractivity contribution in [3.05, 3.63) is 27.7 Å². The lowest BCUT2D eigenvalue weighted by molar-refractivity contribution is 0.202. The molecule has 0 amide bonds. The quantitative estimate of drug-likeness (QED) is 0.778. The highest BCUT2D eigenvalue weighted by atomic mass is 79.9. The maximum absolute atomic E-state index is 12.9. The Morgan fingerprint density at radius 3 is 2.70 bits per heavy atom. The maximum Gasteiger partial charge on any atom is 0.244 e. The third-order valence-corrected chi connectivity index (χ3v) is 7.32. The third kappa shape index (κ3) is 2.54. The van der Waals surface area contributed by atoms with Crippen molar-refractivity contribution in [1.82, 2.24) is 4.31 Å². The van der Waals surface area contributed by atoms with Crippen LogP contribution in [-0.4, -0.2) is 25.3 Å². The van der Waals surface area contributed by atoms with Crippen LogP contribution in [0, 0.1) is 5.92 Å². The van der Waals surface area contributed by atoms with Crippen molar-refractivity contribution in [2.45, 2.75) is 43.0 Å². The number of sulfonamides is 1. The smallest absolute Gasteiger partial charge is 0.207 e. The Hall–Kier alpha value is -0.100. The molecule has 1 aromatic carbocycles. The van der Waals surface area contributed by atoms with E-state index < -0.39 is 10.0 Å². The monoisotopic (exact) mass is 377 g/mol. The van der Waals surface area contributed by atoms with Crippen molar-refractivity contribution in [1.29, 1.82) is 0 Å². The lowest BCUT2D eigenvalue weighted by Gasteiger charge is -2.36. The van der Waals surface area contributed by atoms with Crippen molar-refractivity contribution in [2.75, 3.05) is 6.54 Å². The third-order valence-electron chi connectivity index (χ3n) is 4.42. The molecule has 0 spiro atoms. The van der Waals surface area contributed by atoms with Crippen molar-refractivity contribution in [3.8, 4) is 0 Å². The number of fused-ring (bicyclic) bond motifs is 1. The van der Waals surface area contributed by atoms with Gasteiger partial charge in [-0.2, -0.15) is 4.31 Å². The van der Waals surface area contributed by atoms with Crippen LogP contribution in [0.2, 0.25) is 5.02 Å². The van der Waals surface area contributed by atoms with E-state index in [1.54, 1.807) is 22.5 Å². The Kier molecular flexibility index (Phi) is 4.15. The zero-order chi connectivity index (χ0) is 14.3. The molecule has 110 valence electrons. The summed E-state index contributed by atoms with van der Waals surface area (Å²) in [6.07, 6.45) is 5.39. The molecule has 0 aromatic heterocycles. The summed E-state index contributed by atoms with van der Waals surface area (Å²) in [5, 5.41) is 0.291. The molecule has 0 bridgehead atoms. The van der Waals surface area contributed by atoms with Gasteiger partial charge in [-0.25, -0.2) is 8.42 Å². The van der Waals surface area contributed by atoms with Crippen molar-refractivity contribution in [3.63, 3.8) is 0 Å². The summed E-state index contributed by atoms with van der Waals surface area (Å²) < 4.78 is 28.3. The lowest BCUT2D eigenvalue weighted by atomic mass is 9.94. The van der Waals surface area contributed by atoms with Gasteiger partial charge in [0.1, 0.15) is 4.90 Å². The van der Waals surface area contributed by atoms with Crippen LogP contribution in [0.15, 0.2) is 27.6 Å². The first-order valence-corrected chi connectivity index (χ1v) is 9.58. The summed E-state index contributed by atoms with van der Waals surface area (Å²) in [6.45, 7) is 0.621. The second-order valence-corrected chi connectivity index (χ2v) is 8.77. The van der Waals surface area contributed by atoms with E-state index in [0.717, 1.165) is 36.6 Å². The van der Waals surface area contributed by atoms with Gasteiger partial charge in [-0.05, 0) is 49.8 Å². The molecule has 6 heteroatoms. The number of piperidine rings is 1. The summed E-state index contributed by atoms with van der Waals surface area (Å²) >= 11 is 9.45. The van der Waals surface area contributed by atoms with Gasteiger partial charge in [0.15, 0.2) is 0 Å². The number of nitrogens with zero attached hydrogens (tertiary/aromatic N) is 1. The van der Waals surface area contributed by atoms with Gasteiger partial charge >= 0.3 is 0 Å². The molecule has 3 nitrogen and oxygen atoms in total. The molecule has 1 saturated carbocycles. The Balaban J connectivity index is 1.98. The average molecular weight is 379 g/mol. The Morgan fingerprint density at radius 1 is 1.20 bits per heavy atom. The molecule has 0 N–H and O–H groups in total. The van der Waals surface area contributed by atoms with Gasteiger partial charge < -0.3 is 0 Å². The SMILES string of the molecule is O=S(=O)(c1ccc(Br)cc1Cl)N1CCCC2CCCC21. The zero-order valence-corrected chi connectivity index (χ0v) is 14.2. The van der Waals surface area contributed by atoms with Crippen LogP contribution in [0.5, 0.6) is 0 Å². The second-order valence-electron chi connectivity index (χ2n) is 5.59. The van der Waals surface area contributed by atoms with Gasteiger partial charge in [-0.3, -0.25) is 0 Å². The Bertz CT molecular complexity index is 620. The van der Waals surface area contributed by atoms with E-state index in [9.17, 15) is 8.42 Å². The molecule has 20 heavy (non-hydrogen) atoms. The molecule has 0 radical (unpaired) electrons. The van der Waals surface area contributed by atoms with Gasteiger partial charge in [-0.1, -0.05) is 34.0 Å². The molecular weight excluding hydrogens is 362 g/mol. The highest BCUT2D eigenvalue weighted by Crippen LogP contribution is 2.40. The molecule has 1 aliphatic heterocycles. The molecule has 2 aliphatic rings. The van der Waals surface area contributed by atoms with Crippen LogP contribution in [0.3, 0.4) is 0 Å². The minimum atomic E-state index is -3.48. The minimum Gasteiger partial charge on any atom is -0.207 e. The van der Waals surface area contributed by atoms with Gasteiger partial charge in [-0.15, -0.1) is 0 Å². The zero-order valence-electron chi connectivity index (χ0n) is 11.1. The van der Waals surface area contributed by atoms with Crippen LogP contribution in [0.25, 0.3) is 0 Å². The van der Waals surface area contributed by atoms with Crippen molar-refractivity contribution < 1.29 is 8.42 Å². The lowest BCUT2D eigenvalue weighted by Crippen LogP contribution is -2.46. The predicted octanol–water partition coefficient (Wildman–Crippen LogP) is 4.06. The molecule has 1 saturated heterocycles. The second kappa shape index (κ2) is 5.59. The molecule has 2 unspecified atom stereocenters. The van der Waals surface area contributed by atoms with E-state index in [4.69, 9.17) is 11.6 Å². The molecule has 2 atom stereocenters. The highest BCUT2D eigenvalue weighted by molar-refractivity contribution is 9.10. The summed E-state index contributed by atoms with van der Waals surface area (Å²) in [5.41, 5.74) is 0. The number of halogens is 2. The van der Waals surface area contributed by atoms with E-state index >= 15 is 0 Å². The largest absolute Gasteiger partial charge is 0.244 e. The van der Waals surface area contributed by atoms with E-state index in [2.05, 4.69) is 15.9 Å². The van der Waals surface area contributed by atoms with Gasteiger partial charge in [0.25, 0.3) is 0 Å². The molecule has 1 aliphatic carbocycles. The van der Waals surface area contributed by atoms with Crippen LogP contribution in [0.1, 0.15) is 32.1 Å². The van der Waals surface area contributed by atoms with Crippen LogP contribution in [-0.2, 0) is 10.0 Å². The fraction of sp³-hybridized carbons (Fsp3) is 0.571. The van der Waals surface area contributed by atoms with Crippen LogP contribution >= 0.6 is 27.5 Å². The standard InChI is InChI=1S/C14H17BrClNO2S/c15-11-6-7-14(12(16)9-11)20(18,19)17-8-2-4-10-3-1-5-13(10)17/h6-7,9-10,13H,1-5,8H2. The van der Waals surface area contributed by atoms with E-state index in [0.29, 0.717) is 17.5 Å². The van der Waals surface area contributed by atoms with E-state index in [1.165, 1.54) is 0 Å². The summed E-state index contributed by atoms with van der Waals surface area (Å²) in [6, 6.07) is 5.15. The molecule has 3 rings (SSSR count). The first-order valence-electron chi connectivity index (χ1n) is 6.97. The summed E-state index contributed by atoms with van der Waals surface area (Å²) in [7, 11) is -3.48. The van der Waals surface area contributed by atoms with Gasteiger partial charge in [0.05, 0.1) is 5.02 Å². The Morgan fingerprint density at radius 2 is 1.95 bits per heavy atom. The van der Waals surface area contributed by atoms with E-state index in [-0.39, 0.29) is 10.9 Å². The molecule has 1 heterocycles. The average Bonchev–Trinajstić information content (AvgIpc) is 2.85. The predicted molar refractivity (Wildman–Crippen MR) is 83.4 cm³/mol. The highest BCUT2D eigenvalue weighted by Gasteiger charge is 2.41.